The van der Waals surface area contributed by atoms with E-state index >= 15 is 0 Å². The number of fused-ring (bicyclic) bond motifs is 3. The fourth-order valence-corrected chi connectivity index (χ4v) is 2.72. The number of aromatic nitrogens is 2. The van der Waals surface area contributed by atoms with E-state index in [1.807, 2.05) is 32.2 Å². The van der Waals surface area contributed by atoms with Gasteiger partial charge in [0.05, 0.1) is 17.8 Å². The molecule has 0 aliphatic heterocycles. The molecule has 0 amide bonds. The normalized spacial score (nSPS) is 10.6. The van der Waals surface area contributed by atoms with Crippen molar-refractivity contribution in [2.75, 3.05) is 6.61 Å². The van der Waals surface area contributed by atoms with Crippen molar-refractivity contribution in [1.82, 2.24) is 9.55 Å². The number of pyridine rings is 1. The molecule has 5 heteroatoms. The number of nitrogens with zero attached hydrogens (tertiary/aromatic N) is 2. The first-order valence-electron chi connectivity index (χ1n) is 6.65. The first kappa shape index (κ1) is 15.3. The first-order valence-corrected chi connectivity index (χ1v) is 6.65. The van der Waals surface area contributed by atoms with Crippen LogP contribution in [0.25, 0.3) is 21.8 Å². The van der Waals surface area contributed by atoms with Gasteiger partial charge < -0.3 is 9.30 Å². The molecule has 0 bridgehead atoms. The summed E-state index contributed by atoms with van der Waals surface area (Å²) in [4.78, 5) is 16.3. The number of hydrogen-bond donors (Lipinski definition) is 0. The van der Waals surface area contributed by atoms with Crippen LogP contribution in [0.5, 0.6) is 0 Å². The summed E-state index contributed by atoms with van der Waals surface area (Å²) in [5.74, 6) is -0.370. The molecule has 0 fully saturated rings. The molecule has 110 valence electrons. The van der Waals surface area contributed by atoms with Crippen molar-refractivity contribution in [3.8, 4) is 0 Å². The van der Waals surface area contributed by atoms with Crippen LogP contribution < -0.4 is 0 Å². The molecule has 0 aliphatic rings. The third-order valence-electron chi connectivity index (χ3n) is 3.54. The van der Waals surface area contributed by atoms with Gasteiger partial charge in [-0.3, -0.25) is 0 Å². The summed E-state index contributed by atoms with van der Waals surface area (Å²) >= 11 is 0. The van der Waals surface area contributed by atoms with Gasteiger partial charge in [0.15, 0.2) is 0 Å². The van der Waals surface area contributed by atoms with E-state index in [-0.39, 0.29) is 18.4 Å². The van der Waals surface area contributed by atoms with Crippen LogP contribution in [0.1, 0.15) is 23.1 Å². The van der Waals surface area contributed by atoms with Gasteiger partial charge >= 0.3 is 5.97 Å². The van der Waals surface area contributed by atoms with E-state index in [9.17, 15) is 4.79 Å². The zero-order valence-electron chi connectivity index (χ0n) is 12.2. The number of rotatable bonds is 2. The van der Waals surface area contributed by atoms with Gasteiger partial charge in [-0.2, -0.15) is 0 Å². The van der Waals surface area contributed by atoms with Gasteiger partial charge in [0.1, 0.15) is 5.69 Å². The lowest BCUT2D eigenvalue weighted by molar-refractivity contribution is 0.0519. The monoisotopic (exact) mass is 304 g/mol. The number of para-hydroxylation sites is 1. The molecule has 2 aromatic heterocycles. The van der Waals surface area contributed by atoms with Gasteiger partial charge in [-0.15, -0.1) is 12.4 Å². The molecule has 0 radical (unpaired) electrons. The molecular formula is C16H17ClN2O2. The van der Waals surface area contributed by atoms with Gasteiger partial charge in [-0.05, 0) is 26.0 Å². The predicted molar refractivity (Wildman–Crippen MR) is 86.2 cm³/mol. The highest BCUT2D eigenvalue weighted by Gasteiger charge is 2.16. The Kier molecular flexibility index (Phi) is 4.19. The predicted octanol–water partition coefficient (Wildman–Crippen LogP) is 3.63. The lowest BCUT2D eigenvalue weighted by Crippen LogP contribution is -2.08. The van der Waals surface area contributed by atoms with Gasteiger partial charge in [0.25, 0.3) is 0 Å². The molecule has 4 nitrogen and oxygen atoms in total. The van der Waals surface area contributed by atoms with E-state index in [0.717, 1.165) is 27.5 Å². The van der Waals surface area contributed by atoms with E-state index in [0.29, 0.717) is 12.3 Å². The number of carbonyl (C=O) groups excluding carboxylic acids is 1. The third-order valence-corrected chi connectivity index (χ3v) is 3.54. The fraction of sp³-hybridized carbons (Fsp3) is 0.250. The highest BCUT2D eigenvalue weighted by molar-refractivity contribution is 6.10. The first-order chi connectivity index (χ1) is 9.63. The number of aryl methyl sites for hydroxylation is 2. The van der Waals surface area contributed by atoms with Crippen LogP contribution in [-0.2, 0) is 11.8 Å². The van der Waals surface area contributed by atoms with Gasteiger partial charge in [-0.25, -0.2) is 9.78 Å². The summed E-state index contributed by atoms with van der Waals surface area (Å²) < 4.78 is 7.16. The average molecular weight is 305 g/mol. The van der Waals surface area contributed by atoms with E-state index in [1.54, 1.807) is 6.92 Å². The van der Waals surface area contributed by atoms with Gasteiger partial charge in [0.2, 0.25) is 0 Å². The molecule has 21 heavy (non-hydrogen) atoms. The lowest BCUT2D eigenvalue weighted by Gasteiger charge is -2.05. The minimum Gasteiger partial charge on any atom is -0.461 e. The summed E-state index contributed by atoms with van der Waals surface area (Å²) in [6, 6.07) is 9.96. The Bertz CT molecular complexity index is 824. The third kappa shape index (κ3) is 2.36. The molecule has 0 spiro atoms. The SMILES string of the molecule is CCOC(=O)c1cc2c3ccccc3n(C)c2c(C)n1.Cl. The topological polar surface area (TPSA) is 44.1 Å². The van der Waals surface area contributed by atoms with Crippen molar-refractivity contribution in [1.29, 1.82) is 0 Å². The Morgan fingerprint density at radius 2 is 2.00 bits per heavy atom. The molecule has 0 N–H and O–H groups in total. The number of halogens is 1. The highest BCUT2D eigenvalue weighted by atomic mass is 35.5. The summed E-state index contributed by atoms with van der Waals surface area (Å²) in [5, 5.41) is 2.17. The quantitative estimate of drug-likeness (QED) is 0.679. The summed E-state index contributed by atoms with van der Waals surface area (Å²) in [6.45, 7) is 4.07. The summed E-state index contributed by atoms with van der Waals surface area (Å²) in [5.41, 5.74) is 3.39. The number of benzene rings is 1. The van der Waals surface area contributed by atoms with Crippen molar-refractivity contribution in [2.45, 2.75) is 13.8 Å². The molecule has 3 rings (SSSR count). The number of ether oxygens (including phenoxy) is 1. The van der Waals surface area contributed by atoms with Crippen molar-refractivity contribution in [3.05, 3.63) is 41.7 Å². The van der Waals surface area contributed by atoms with Gasteiger partial charge in [-0.1, -0.05) is 18.2 Å². The summed E-state index contributed by atoms with van der Waals surface area (Å²) in [7, 11) is 2.02. The Balaban J connectivity index is 0.00000161. The Morgan fingerprint density at radius 3 is 2.71 bits per heavy atom. The second-order valence-corrected chi connectivity index (χ2v) is 4.79. The zero-order chi connectivity index (χ0) is 14.3. The fourth-order valence-electron chi connectivity index (χ4n) is 2.72. The second-order valence-electron chi connectivity index (χ2n) is 4.79. The molecule has 1 aromatic carbocycles. The second kappa shape index (κ2) is 5.74. The molecule has 2 heterocycles. The smallest absolute Gasteiger partial charge is 0.356 e. The Labute approximate surface area is 129 Å². The standard InChI is InChI=1S/C16H16N2O2.ClH/c1-4-20-16(19)13-9-12-11-7-5-6-8-14(11)18(3)15(12)10(2)17-13;/h5-9H,4H2,1-3H3;1H. The largest absolute Gasteiger partial charge is 0.461 e. The van der Waals surface area contributed by atoms with Crippen LogP contribution in [0, 0.1) is 6.92 Å². The maximum absolute atomic E-state index is 11.9. The Morgan fingerprint density at radius 1 is 1.29 bits per heavy atom. The van der Waals surface area contributed by atoms with Crippen LogP contribution in [0.2, 0.25) is 0 Å². The van der Waals surface area contributed by atoms with Crippen LogP contribution in [-0.4, -0.2) is 22.1 Å². The van der Waals surface area contributed by atoms with Crippen molar-refractivity contribution >= 4 is 40.2 Å². The number of esters is 1. The minimum atomic E-state index is -0.370. The van der Waals surface area contributed by atoms with Crippen molar-refractivity contribution in [2.24, 2.45) is 7.05 Å². The molecule has 3 aromatic rings. The minimum absolute atomic E-state index is 0. The van der Waals surface area contributed by atoms with E-state index in [4.69, 9.17) is 4.74 Å². The number of carbonyl (C=O) groups is 1. The molecule has 0 saturated carbocycles. The van der Waals surface area contributed by atoms with Gasteiger partial charge in [0, 0.05) is 23.3 Å². The molecule has 0 unspecified atom stereocenters. The molecule has 0 aliphatic carbocycles. The van der Waals surface area contributed by atoms with Crippen molar-refractivity contribution < 1.29 is 9.53 Å². The van der Waals surface area contributed by atoms with E-state index < -0.39 is 0 Å². The maximum Gasteiger partial charge on any atom is 0.356 e. The van der Waals surface area contributed by atoms with Crippen LogP contribution in [0.3, 0.4) is 0 Å². The average Bonchev–Trinajstić information content (AvgIpc) is 2.74. The highest BCUT2D eigenvalue weighted by Crippen LogP contribution is 2.29. The summed E-state index contributed by atoms with van der Waals surface area (Å²) in [6.07, 6.45) is 0. The molecular weight excluding hydrogens is 288 g/mol. The molecule has 0 atom stereocenters. The van der Waals surface area contributed by atoms with Crippen LogP contribution >= 0.6 is 12.4 Å². The van der Waals surface area contributed by atoms with Crippen molar-refractivity contribution in [3.63, 3.8) is 0 Å². The van der Waals surface area contributed by atoms with Crippen LogP contribution in [0.4, 0.5) is 0 Å². The number of hydrogen-bond acceptors (Lipinski definition) is 3. The maximum atomic E-state index is 11.9. The molecule has 0 saturated heterocycles. The van der Waals surface area contributed by atoms with Crippen LogP contribution in [0.15, 0.2) is 30.3 Å². The van der Waals surface area contributed by atoms with E-state index in [1.165, 1.54) is 0 Å². The Hall–Kier alpha value is -2.07. The van der Waals surface area contributed by atoms with E-state index in [2.05, 4.69) is 21.7 Å². The lowest BCUT2D eigenvalue weighted by atomic mass is 10.1. The zero-order valence-corrected chi connectivity index (χ0v) is 13.0.